The molecule has 1 heterocycles. The zero-order valence-corrected chi connectivity index (χ0v) is 12.9. The van der Waals surface area contributed by atoms with E-state index in [4.69, 9.17) is 20.6 Å². The lowest BCUT2D eigenvalue weighted by molar-refractivity contribution is -0.252. The van der Waals surface area contributed by atoms with Gasteiger partial charge in [0.15, 0.2) is 0 Å². The molecule has 1 aliphatic heterocycles. The van der Waals surface area contributed by atoms with Gasteiger partial charge in [-0.15, -0.1) is 0 Å². The van der Waals surface area contributed by atoms with Crippen LogP contribution in [0, 0.1) is 5.41 Å². The second-order valence-electron chi connectivity index (χ2n) is 5.74. The molecule has 1 saturated heterocycles. The molecule has 0 radical (unpaired) electrons. The standard InChI is InChI=1S/C13H18ClO4P/c1-12(2)8-17-19(16,18-9-12)13(3,15)10-5-4-6-11(14)7-10/h4-7,15H,8-9H2,1-3H3/t13-/m1/s1. The molecule has 0 unspecified atom stereocenters. The van der Waals surface area contributed by atoms with Gasteiger partial charge in [0, 0.05) is 22.9 Å². The summed E-state index contributed by atoms with van der Waals surface area (Å²) in [6.07, 6.45) is 0. The van der Waals surface area contributed by atoms with E-state index in [0.717, 1.165) is 0 Å². The number of rotatable bonds is 2. The summed E-state index contributed by atoms with van der Waals surface area (Å²) >= 11 is 5.90. The Balaban J connectivity index is 2.29. The molecule has 106 valence electrons. The summed E-state index contributed by atoms with van der Waals surface area (Å²) in [5.41, 5.74) is 0.209. The van der Waals surface area contributed by atoms with Crippen molar-refractivity contribution >= 4 is 19.5 Å². The molecule has 0 spiro atoms. The molecule has 1 aromatic rings. The van der Waals surface area contributed by atoms with Crippen molar-refractivity contribution in [1.82, 2.24) is 0 Å². The van der Waals surface area contributed by atoms with E-state index in [0.29, 0.717) is 10.6 Å². The average Bonchev–Trinajstić information content (AvgIpc) is 2.33. The van der Waals surface area contributed by atoms with Crippen molar-refractivity contribution in [2.75, 3.05) is 13.2 Å². The van der Waals surface area contributed by atoms with Crippen LogP contribution in [-0.2, 0) is 14.4 Å². The van der Waals surface area contributed by atoms with Crippen LogP contribution >= 0.6 is 19.5 Å². The Morgan fingerprint density at radius 1 is 1.37 bits per heavy atom. The van der Waals surface area contributed by atoms with Crippen LogP contribution in [0.3, 0.4) is 0 Å². The first-order chi connectivity index (χ1) is 8.66. The second-order valence-corrected chi connectivity index (χ2v) is 8.56. The predicted molar refractivity (Wildman–Crippen MR) is 73.6 cm³/mol. The third-order valence-electron chi connectivity index (χ3n) is 3.16. The van der Waals surface area contributed by atoms with Crippen LogP contribution < -0.4 is 4.89 Å². The minimum Gasteiger partial charge on any atom is -0.629 e. The highest BCUT2D eigenvalue weighted by molar-refractivity contribution is 7.60. The van der Waals surface area contributed by atoms with Crippen LogP contribution in [0.25, 0.3) is 0 Å². The summed E-state index contributed by atoms with van der Waals surface area (Å²) in [6, 6.07) is 6.58. The third kappa shape index (κ3) is 2.94. The molecule has 6 heteroatoms. The van der Waals surface area contributed by atoms with Crippen molar-refractivity contribution in [2.45, 2.75) is 26.1 Å². The van der Waals surface area contributed by atoms with E-state index >= 15 is 0 Å². The third-order valence-corrected chi connectivity index (χ3v) is 5.65. The van der Waals surface area contributed by atoms with Gasteiger partial charge in [0.05, 0.1) is 0 Å². The van der Waals surface area contributed by atoms with Crippen LogP contribution in [0.1, 0.15) is 26.3 Å². The number of hydrogen-bond donors (Lipinski definition) is 1. The average molecular weight is 305 g/mol. The Labute approximate surface area is 118 Å². The summed E-state index contributed by atoms with van der Waals surface area (Å²) in [5.74, 6) is 0. The number of aliphatic hydroxyl groups is 1. The number of hydrogen-bond acceptors (Lipinski definition) is 4. The number of halogens is 1. The van der Waals surface area contributed by atoms with Gasteiger partial charge >= 0.3 is 0 Å². The lowest BCUT2D eigenvalue weighted by Gasteiger charge is -2.44. The molecular weight excluding hydrogens is 287 g/mol. The van der Waals surface area contributed by atoms with Crippen molar-refractivity contribution < 1.29 is 19.0 Å². The predicted octanol–water partition coefficient (Wildman–Crippen LogP) is 2.70. The molecule has 19 heavy (non-hydrogen) atoms. The summed E-state index contributed by atoms with van der Waals surface area (Å²) in [5, 5.41) is 9.34. The van der Waals surface area contributed by atoms with E-state index in [2.05, 4.69) is 0 Å². The zero-order chi connectivity index (χ0) is 14.3. The van der Waals surface area contributed by atoms with Crippen molar-refractivity contribution in [1.29, 1.82) is 0 Å². The van der Waals surface area contributed by atoms with Gasteiger partial charge in [0.2, 0.25) is 5.34 Å². The summed E-state index contributed by atoms with van der Waals surface area (Å²) in [7, 11) is -3.64. The van der Waals surface area contributed by atoms with Gasteiger partial charge in [0.1, 0.15) is 13.2 Å². The van der Waals surface area contributed by atoms with Gasteiger partial charge in [-0.05, 0) is 12.1 Å². The first kappa shape index (κ1) is 15.2. The first-order valence-electron chi connectivity index (χ1n) is 6.04. The van der Waals surface area contributed by atoms with Crippen molar-refractivity contribution in [3.05, 3.63) is 34.9 Å². The summed E-state index contributed by atoms with van der Waals surface area (Å²) in [4.78, 5) is 12.7. The minimum atomic E-state index is -3.64. The molecule has 1 aromatic carbocycles. The molecule has 1 fully saturated rings. The SMILES string of the molecule is CC1(C)CO[P+]([O-])([C@@](C)(O)c2cccc(Cl)c2)OC1. The van der Waals surface area contributed by atoms with Crippen molar-refractivity contribution in [2.24, 2.45) is 5.41 Å². The quantitative estimate of drug-likeness (QED) is 0.853. The highest BCUT2D eigenvalue weighted by Crippen LogP contribution is 2.69. The van der Waals surface area contributed by atoms with E-state index in [1.54, 1.807) is 24.3 Å². The molecule has 0 saturated carbocycles. The van der Waals surface area contributed by atoms with Crippen LogP contribution in [0.5, 0.6) is 0 Å². The van der Waals surface area contributed by atoms with Gasteiger partial charge in [-0.1, -0.05) is 37.6 Å². The molecule has 1 N–H and O–H groups in total. The highest BCUT2D eigenvalue weighted by atomic mass is 35.5. The Bertz CT molecular complexity index is 465. The molecular formula is C13H18ClO4P. The molecule has 4 nitrogen and oxygen atoms in total. The molecule has 0 bridgehead atoms. The molecule has 1 atom stereocenters. The Morgan fingerprint density at radius 2 is 1.95 bits per heavy atom. The van der Waals surface area contributed by atoms with E-state index in [9.17, 15) is 10.00 Å². The van der Waals surface area contributed by atoms with E-state index in [1.165, 1.54) is 6.92 Å². The number of benzene rings is 1. The van der Waals surface area contributed by atoms with Crippen LogP contribution in [0.4, 0.5) is 0 Å². The van der Waals surface area contributed by atoms with Crippen LogP contribution in [0.2, 0.25) is 5.02 Å². The maximum atomic E-state index is 12.7. The minimum absolute atomic E-state index is 0.210. The Morgan fingerprint density at radius 3 is 2.47 bits per heavy atom. The fourth-order valence-electron chi connectivity index (χ4n) is 1.79. The largest absolute Gasteiger partial charge is 0.629 e. The Hall–Kier alpha value is -0.220. The van der Waals surface area contributed by atoms with Crippen LogP contribution in [-0.4, -0.2) is 18.3 Å². The lowest BCUT2D eigenvalue weighted by Crippen LogP contribution is -2.43. The second kappa shape index (κ2) is 4.96. The maximum Gasteiger partial charge on any atom is 0.274 e. The molecule has 0 amide bonds. The smallest absolute Gasteiger partial charge is 0.274 e. The van der Waals surface area contributed by atoms with Crippen LogP contribution in [0.15, 0.2) is 24.3 Å². The van der Waals surface area contributed by atoms with Gasteiger partial charge in [-0.2, -0.15) is 0 Å². The van der Waals surface area contributed by atoms with Crippen molar-refractivity contribution in [3.8, 4) is 0 Å². The summed E-state index contributed by atoms with van der Waals surface area (Å²) < 4.78 is 10.8. The van der Waals surface area contributed by atoms with Gasteiger partial charge in [-0.3, -0.25) is 0 Å². The fraction of sp³-hybridized carbons (Fsp3) is 0.538. The normalized spacial score (nSPS) is 24.7. The topological polar surface area (TPSA) is 61.8 Å². The monoisotopic (exact) mass is 304 g/mol. The van der Waals surface area contributed by atoms with Gasteiger partial charge in [-0.25, -0.2) is 9.05 Å². The first-order valence-corrected chi connectivity index (χ1v) is 7.96. The van der Waals surface area contributed by atoms with Gasteiger partial charge < -0.3 is 10.00 Å². The highest BCUT2D eigenvalue weighted by Gasteiger charge is 2.56. The lowest BCUT2D eigenvalue weighted by atomic mass is 9.97. The summed E-state index contributed by atoms with van der Waals surface area (Å²) in [6.45, 7) is 5.88. The molecule has 0 aliphatic carbocycles. The maximum absolute atomic E-state index is 12.7. The zero-order valence-electron chi connectivity index (χ0n) is 11.2. The van der Waals surface area contributed by atoms with Gasteiger partial charge in [0.25, 0.3) is 7.94 Å². The molecule has 1 aliphatic rings. The van der Waals surface area contributed by atoms with E-state index < -0.39 is 13.3 Å². The van der Waals surface area contributed by atoms with Crippen molar-refractivity contribution in [3.63, 3.8) is 0 Å². The van der Waals surface area contributed by atoms with E-state index in [1.807, 2.05) is 13.8 Å². The molecule has 2 rings (SSSR count). The fourth-order valence-corrected chi connectivity index (χ4v) is 4.05. The van der Waals surface area contributed by atoms with E-state index in [-0.39, 0.29) is 18.6 Å². The Kier molecular flexibility index (Phi) is 3.96. The molecule has 0 aromatic heterocycles.